The van der Waals surface area contributed by atoms with Gasteiger partial charge in [0.15, 0.2) is 0 Å². The number of azo groups is 1. The molecular formula is C5H9ClN2. The number of alkyl halides is 1. The Morgan fingerprint density at radius 3 is 2.38 bits per heavy atom. The second kappa shape index (κ2) is 1.69. The van der Waals surface area contributed by atoms with Gasteiger partial charge in [0.05, 0.1) is 5.54 Å². The lowest BCUT2D eigenvalue weighted by molar-refractivity contribution is 0.524. The molecule has 0 bridgehead atoms. The number of halogens is 1. The molecule has 1 aliphatic heterocycles. The number of rotatable bonds is 0. The molecule has 8 heavy (non-hydrogen) atoms. The van der Waals surface area contributed by atoms with Crippen molar-refractivity contribution in [3.05, 3.63) is 0 Å². The molecule has 0 N–H and O–H groups in total. The van der Waals surface area contributed by atoms with Crippen LogP contribution in [0.1, 0.15) is 20.3 Å². The van der Waals surface area contributed by atoms with Crippen molar-refractivity contribution in [2.45, 2.75) is 31.3 Å². The molecule has 3 heteroatoms. The normalized spacial score (nSPS) is 33.6. The molecule has 46 valence electrons. The molecule has 0 amide bonds. The standard InChI is InChI=1S/C5H9ClN2/c1-5(2)3-4(6)7-8-5/h4H,3H2,1-2H3. The summed E-state index contributed by atoms with van der Waals surface area (Å²) in [7, 11) is 0. The average Bonchev–Trinajstić information content (AvgIpc) is 1.82. The fraction of sp³-hybridized carbons (Fsp3) is 1.00. The summed E-state index contributed by atoms with van der Waals surface area (Å²) in [5, 5.41) is 7.72. The minimum Gasteiger partial charge on any atom is -0.186 e. The maximum Gasteiger partial charge on any atom is 0.146 e. The molecule has 1 atom stereocenters. The highest BCUT2D eigenvalue weighted by molar-refractivity contribution is 6.20. The van der Waals surface area contributed by atoms with Crippen LogP contribution in [0.4, 0.5) is 0 Å². The number of nitrogens with zero attached hydrogens (tertiary/aromatic N) is 2. The Morgan fingerprint density at radius 2 is 2.25 bits per heavy atom. The van der Waals surface area contributed by atoms with Crippen LogP contribution in [-0.2, 0) is 0 Å². The van der Waals surface area contributed by atoms with Gasteiger partial charge in [-0.2, -0.15) is 10.2 Å². The van der Waals surface area contributed by atoms with Crippen LogP contribution in [0, 0.1) is 0 Å². The lowest BCUT2D eigenvalue weighted by Gasteiger charge is -2.08. The highest BCUT2D eigenvalue weighted by atomic mass is 35.5. The molecule has 0 saturated carbocycles. The smallest absolute Gasteiger partial charge is 0.146 e. The third-order valence-electron chi connectivity index (χ3n) is 1.12. The monoisotopic (exact) mass is 132 g/mol. The van der Waals surface area contributed by atoms with E-state index in [1.165, 1.54) is 0 Å². The Labute approximate surface area is 53.9 Å². The van der Waals surface area contributed by atoms with E-state index in [1.807, 2.05) is 13.8 Å². The summed E-state index contributed by atoms with van der Waals surface area (Å²) in [6, 6.07) is 0. The molecule has 0 aromatic rings. The summed E-state index contributed by atoms with van der Waals surface area (Å²) >= 11 is 5.64. The van der Waals surface area contributed by atoms with Gasteiger partial charge in [0.25, 0.3) is 0 Å². The van der Waals surface area contributed by atoms with E-state index in [0.717, 1.165) is 6.42 Å². The maximum absolute atomic E-state index is 5.64. The fourth-order valence-corrected chi connectivity index (χ4v) is 1.13. The van der Waals surface area contributed by atoms with Gasteiger partial charge < -0.3 is 0 Å². The second-order valence-electron chi connectivity index (χ2n) is 2.67. The van der Waals surface area contributed by atoms with Gasteiger partial charge >= 0.3 is 0 Å². The summed E-state index contributed by atoms with van der Waals surface area (Å²) < 4.78 is 0. The van der Waals surface area contributed by atoms with Crippen molar-refractivity contribution in [1.82, 2.24) is 0 Å². The lowest BCUT2D eigenvalue weighted by Crippen LogP contribution is -2.13. The van der Waals surface area contributed by atoms with Crippen molar-refractivity contribution in [2.75, 3.05) is 0 Å². The second-order valence-corrected chi connectivity index (χ2v) is 3.17. The van der Waals surface area contributed by atoms with Crippen molar-refractivity contribution in [3.63, 3.8) is 0 Å². The van der Waals surface area contributed by atoms with E-state index in [1.54, 1.807) is 0 Å². The van der Waals surface area contributed by atoms with Crippen LogP contribution in [0.5, 0.6) is 0 Å². The average molecular weight is 133 g/mol. The molecule has 0 saturated heterocycles. The third kappa shape index (κ3) is 1.19. The van der Waals surface area contributed by atoms with Crippen molar-refractivity contribution >= 4 is 11.6 Å². The van der Waals surface area contributed by atoms with E-state index < -0.39 is 0 Å². The molecule has 0 fully saturated rings. The summed E-state index contributed by atoms with van der Waals surface area (Å²) in [5.41, 5.74) is -0.0862. The van der Waals surface area contributed by atoms with Crippen molar-refractivity contribution in [1.29, 1.82) is 0 Å². The zero-order chi connectivity index (χ0) is 6.20. The predicted octanol–water partition coefficient (Wildman–Crippen LogP) is 2.19. The summed E-state index contributed by atoms with van der Waals surface area (Å²) in [6.07, 6.45) is 0.870. The van der Waals surface area contributed by atoms with E-state index in [0.29, 0.717) is 0 Å². The van der Waals surface area contributed by atoms with E-state index in [-0.39, 0.29) is 11.0 Å². The van der Waals surface area contributed by atoms with Gasteiger partial charge in [0.2, 0.25) is 0 Å². The molecule has 1 unspecified atom stereocenters. The molecule has 0 radical (unpaired) electrons. The predicted molar refractivity (Wildman–Crippen MR) is 33.2 cm³/mol. The van der Waals surface area contributed by atoms with Crippen molar-refractivity contribution in [2.24, 2.45) is 10.2 Å². The SMILES string of the molecule is CC1(C)CC(Cl)N=N1. The molecule has 0 aromatic heterocycles. The largest absolute Gasteiger partial charge is 0.186 e. The number of hydrogen-bond acceptors (Lipinski definition) is 2. The van der Waals surface area contributed by atoms with Gasteiger partial charge in [0.1, 0.15) is 5.50 Å². The van der Waals surface area contributed by atoms with Crippen molar-refractivity contribution < 1.29 is 0 Å². The maximum atomic E-state index is 5.64. The van der Waals surface area contributed by atoms with Crippen LogP contribution in [0.3, 0.4) is 0 Å². The van der Waals surface area contributed by atoms with Crippen LogP contribution < -0.4 is 0 Å². The Morgan fingerprint density at radius 1 is 1.62 bits per heavy atom. The molecule has 1 aliphatic rings. The van der Waals surface area contributed by atoms with E-state index in [9.17, 15) is 0 Å². The van der Waals surface area contributed by atoms with Crippen LogP contribution in [0.15, 0.2) is 10.2 Å². The van der Waals surface area contributed by atoms with Gasteiger partial charge in [-0.25, -0.2) is 0 Å². The van der Waals surface area contributed by atoms with Gasteiger partial charge in [-0.3, -0.25) is 0 Å². The quantitative estimate of drug-likeness (QED) is 0.357. The van der Waals surface area contributed by atoms with Crippen LogP contribution in [-0.4, -0.2) is 11.0 Å². The van der Waals surface area contributed by atoms with Crippen LogP contribution in [0.2, 0.25) is 0 Å². The van der Waals surface area contributed by atoms with Crippen molar-refractivity contribution in [3.8, 4) is 0 Å². The zero-order valence-corrected chi connectivity index (χ0v) is 5.81. The summed E-state index contributed by atoms with van der Waals surface area (Å²) in [4.78, 5) is 0. The molecule has 2 nitrogen and oxygen atoms in total. The van der Waals surface area contributed by atoms with Crippen LogP contribution in [0.25, 0.3) is 0 Å². The first-order valence-electron chi connectivity index (χ1n) is 2.66. The molecular weight excluding hydrogens is 124 g/mol. The highest BCUT2D eigenvalue weighted by Crippen LogP contribution is 2.27. The van der Waals surface area contributed by atoms with Gasteiger partial charge in [0, 0.05) is 6.42 Å². The molecule has 1 rings (SSSR count). The Kier molecular flexibility index (Phi) is 1.27. The van der Waals surface area contributed by atoms with Gasteiger partial charge in [-0.1, -0.05) is 11.6 Å². The summed E-state index contributed by atoms with van der Waals surface area (Å²) in [5.74, 6) is 0. The summed E-state index contributed by atoms with van der Waals surface area (Å²) in [6.45, 7) is 4.05. The lowest BCUT2D eigenvalue weighted by atomic mass is 10.0. The van der Waals surface area contributed by atoms with E-state index >= 15 is 0 Å². The minimum atomic E-state index is -0.0787. The molecule has 1 heterocycles. The highest BCUT2D eigenvalue weighted by Gasteiger charge is 2.26. The van der Waals surface area contributed by atoms with Gasteiger partial charge in [-0.15, -0.1) is 0 Å². The first-order chi connectivity index (χ1) is 3.60. The Balaban J connectivity index is 2.58. The van der Waals surface area contributed by atoms with Crippen LogP contribution >= 0.6 is 11.6 Å². The molecule has 0 spiro atoms. The van der Waals surface area contributed by atoms with E-state index in [2.05, 4.69) is 10.2 Å². The topological polar surface area (TPSA) is 24.7 Å². The third-order valence-corrected chi connectivity index (χ3v) is 1.36. The number of hydrogen-bond donors (Lipinski definition) is 0. The molecule has 0 aromatic carbocycles. The fourth-order valence-electron chi connectivity index (χ4n) is 0.713. The first kappa shape index (κ1) is 6.02. The minimum absolute atomic E-state index is 0.00752. The Bertz CT molecular complexity index is 120. The molecule has 0 aliphatic carbocycles. The van der Waals surface area contributed by atoms with Gasteiger partial charge in [-0.05, 0) is 13.8 Å². The zero-order valence-electron chi connectivity index (χ0n) is 5.06. The Hall–Kier alpha value is -0.110. The van der Waals surface area contributed by atoms with E-state index in [4.69, 9.17) is 11.6 Å². The first-order valence-corrected chi connectivity index (χ1v) is 3.10.